The molecule has 10 rings (SSSR count). The number of benzene rings is 6. The molecule has 288 valence electrons. The highest BCUT2D eigenvalue weighted by atomic mass is 32.1. The van der Waals surface area contributed by atoms with Crippen molar-refractivity contribution in [2.75, 3.05) is 4.90 Å². The minimum Gasteiger partial charge on any atom is -0.534 e. The Morgan fingerprint density at radius 1 is 0.534 bits per heavy atom. The summed E-state index contributed by atoms with van der Waals surface area (Å²) in [6, 6.07) is 46.5. The lowest BCUT2D eigenvalue weighted by atomic mass is 9.79. The number of anilines is 3. The molecule has 0 radical (unpaired) electrons. The number of hydrogen-bond acceptors (Lipinski definition) is 6. The van der Waals surface area contributed by atoms with Gasteiger partial charge in [-0.3, -0.25) is 0 Å². The van der Waals surface area contributed by atoms with Crippen molar-refractivity contribution in [2.24, 2.45) is 0 Å². The van der Waals surface area contributed by atoms with Crippen LogP contribution in [0, 0.1) is 0 Å². The Labute approximate surface area is 346 Å². The predicted octanol–water partition coefficient (Wildman–Crippen LogP) is 11.8. The minimum absolute atomic E-state index is 0.229. The van der Waals surface area contributed by atoms with Crippen LogP contribution in [0.2, 0.25) is 0 Å². The molecule has 7 aromatic rings. The van der Waals surface area contributed by atoms with Gasteiger partial charge in [0.15, 0.2) is 0 Å². The van der Waals surface area contributed by atoms with E-state index >= 15 is 0 Å². The minimum atomic E-state index is -0.546. The van der Waals surface area contributed by atoms with Gasteiger partial charge >= 0.3 is 14.2 Å². The largest absolute Gasteiger partial charge is 0.563 e. The Morgan fingerprint density at radius 2 is 1.10 bits per heavy atom. The molecule has 2 saturated heterocycles. The van der Waals surface area contributed by atoms with Crippen molar-refractivity contribution in [2.45, 2.75) is 77.6 Å². The lowest BCUT2D eigenvalue weighted by Crippen LogP contribution is -2.41. The summed E-state index contributed by atoms with van der Waals surface area (Å²) in [6.07, 6.45) is 0. The Bertz CT molecular complexity index is 2770. The number of thiophene rings is 1. The van der Waals surface area contributed by atoms with Gasteiger partial charge in [-0.1, -0.05) is 99.3 Å². The van der Waals surface area contributed by atoms with Crippen LogP contribution in [0.5, 0.6) is 0 Å². The van der Waals surface area contributed by atoms with E-state index in [1.165, 1.54) is 53.6 Å². The average molecular weight is 780 g/mol. The summed E-state index contributed by atoms with van der Waals surface area (Å²) in [6.45, 7) is 21.1. The molecule has 3 aliphatic rings. The van der Waals surface area contributed by atoms with Gasteiger partial charge in [0, 0.05) is 42.6 Å². The van der Waals surface area contributed by atoms with E-state index in [4.69, 9.17) is 18.6 Å². The molecule has 3 heterocycles. The summed E-state index contributed by atoms with van der Waals surface area (Å²) in [5, 5.41) is 2.64. The first kappa shape index (κ1) is 37.2. The van der Waals surface area contributed by atoms with Crippen molar-refractivity contribution in [3.63, 3.8) is 0 Å². The molecule has 0 atom stereocenters. The van der Waals surface area contributed by atoms with Crippen LogP contribution in [0.4, 0.5) is 17.1 Å². The molecule has 8 heteroatoms. The molecule has 6 aromatic carbocycles. The quantitative estimate of drug-likeness (QED) is 0.157. The van der Waals surface area contributed by atoms with Crippen molar-refractivity contribution in [1.82, 2.24) is 0 Å². The van der Waals surface area contributed by atoms with Crippen molar-refractivity contribution < 1.29 is 18.6 Å². The van der Waals surface area contributed by atoms with Gasteiger partial charge < -0.3 is 23.5 Å². The van der Waals surface area contributed by atoms with E-state index in [-0.39, 0.29) is 5.41 Å². The lowest BCUT2D eigenvalue weighted by Gasteiger charge is -2.32. The molecule has 58 heavy (non-hydrogen) atoms. The maximum Gasteiger partial charge on any atom is 0.563 e. The molecule has 0 bridgehead atoms. The van der Waals surface area contributed by atoms with Crippen LogP contribution < -0.4 is 15.8 Å². The molecule has 0 spiro atoms. The molecular weight excluding hydrogens is 732 g/mol. The van der Waals surface area contributed by atoms with E-state index in [0.717, 1.165) is 28.0 Å². The third-order valence-electron chi connectivity index (χ3n) is 13.1. The number of fused-ring (bicyclic) bond motifs is 6. The highest BCUT2D eigenvalue weighted by Gasteiger charge is 2.51. The second-order valence-corrected chi connectivity index (χ2v) is 19.1. The normalized spacial score (nSPS) is 18.4. The monoisotopic (exact) mass is 779 g/mol. The van der Waals surface area contributed by atoms with E-state index in [2.05, 4.69) is 180 Å². The molecule has 0 N–H and O–H groups in total. The average Bonchev–Trinajstić information content (AvgIpc) is 3.86. The standard InChI is InChI=1S/C50H47B2NO4S/c1-31-48(4,5)55-51(54-31)33-18-22-35(23-19-33)53(36-24-20-34(21-25-36)52-56-49(6,7)50(8,9)57-52)37-26-28-40-39-27-17-32(29-43(39)47(2,3)44(40)30-37)38-14-12-15-42-41-13-10-11-16-45(41)58-46(38)42/h10-30H,1H2,2-9H3. The third kappa shape index (κ3) is 5.79. The first-order chi connectivity index (χ1) is 27.6. The Hall–Kier alpha value is -5.11. The van der Waals surface area contributed by atoms with E-state index in [9.17, 15) is 0 Å². The van der Waals surface area contributed by atoms with E-state index in [1.807, 2.05) is 25.2 Å². The van der Waals surface area contributed by atoms with Gasteiger partial charge in [-0.15, -0.1) is 11.3 Å². The first-order valence-electron chi connectivity index (χ1n) is 20.2. The maximum atomic E-state index is 6.41. The van der Waals surface area contributed by atoms with Gasteiger partial charge in [-0.25, -0.2) is 0 Å². The lowest BCUT2D eigenvalue weighted by molar-refractivity contribution is 0.00578. The molecule has 2 aliphatic heterocycles. The number of nitrogens with zero attached hydrogens (tertiary/aromatic N) is 1. The van der Waals surface area contributed by atoms with Crippen LogP contribution >= 0.6 is 11.3 Å². The molecular formula is C50H47B2NO4S. The topological polar surface area (TPSA) is 40.2 Å². The second kappa shape index (κ2) is 12.9. The Balaban J connectivity index is 1.03. The summed E-state index contributed by atoms with van der Waals surface area (Å²) in [5.74, 6) is 0.635. The van der Waals surface area contributed by atoms with Gasteiger partial charge in [0.05, 0.1) is 17.0 Å². The molecule has 1 aliphatic carbocycles. The second-order valence-electron chi connectivity index (χ2n) is 18.0. The summed E-state index contributed by atoms with van der Waals surface area (Å²) >= 11 is 1.88. The molecule has 1 aromatic heterocycles. The first-order valence-corrected chi connectivity index (χ1v) is 21.0. The number of rotatable bonds is 6. The van der Waals surface area contributed by atoms with Crippen LogP contribution in [0.25, 0.3) is 42.4 Å². The van der Waals surface area contributed by atoms with Crippen molar-refractivity contribution in [1.29, 1.82) is 0 Å². The Kier molecular flexibility index (Phi) is 8.30. The van der Waals surface area contributed by atoms with Gasteiger partial charge in [0.1, 0.15) is 5.60 Å². The smallest absolute Gasteiger partial charge is 0.534 e. The zero-order valence-electron chi connectivity index (χ0n) is 34.5. The SMILES string of the molecule is C=C1OB(c2ccc(N(c3ccc(B4OC(C)(C)C(C)(C)O4)cc3)c3ccc4c(c3)C(C)(C)c3cc(-c5cccc6c5sc5ccccc56)ccc3-4)cc2)OC1(C)C. The fourth-order valence-corrected chi connectivity index (χ4v) is 10.00. The van der Waals surface area contributed by atoms with E-state index in [1.54, 1.807) is 0 Å². The van der Waals surface area contributed by atoms with Gasteiger partial charge in [0.2, 0.25) is 0 Å². The molecule has 2 fully saturated rings. The third-order valence-corrected chi connectivity index (χ3v) is 14.3. The maximum absolute atomic E-state index is 6.41. The molecule has 0 saturated carbocycles. The van der Waals surface area contributed by atoms with Gasteiger partial charge in [-0.2, -0.15) is 0 Å². The number of hydrogen-bond donors (Lipinski definition) is 0. The fraction of sp³-hybridized carbons (Fsp3) is 0.240. The van der Waals surface area contributed by atoms with E-state index in [0.29, 0.717) is 5.76 Å². The predicted molar refractivity (Wildman–Crippen MR) is 244 cm³/mol. The summed E-state index contributed by atoms with van der Waals surface area (Å²) in [7, 11) is -0.938. The van der Waals surface area contributed by atoms with Crippen LogP contribution in [0.15, 0.2) is 140 Å². The van der Waals surface area contributed by atoms with E-state index < -0.39 is 31.0 Å². The van der Waals surface area contributed by atoms with Crippen molar-refractivity contribution in [3.05, 3.63) is 151 Å². The summed E-state index contributed by atoms with van der Waals surface area (Å²) in [5.41, 5.74) is 11.2. The fourth-order valence-electron chi connectivity index (χ4n) is 8.76. The Morgan fingerprint density at radius 3 is 1.74 bits per heavy atom. The van der Waals surface area contributed by atoms with Crippen molar-refractivity contribution >= 4 is 73.7 Å². The van der Waals surface area contributed by atoms with Crippen LogP contribution in [-0.2, 0) is 24.0 Å². The van der Waals surface area contributed by atoms with Crippen LogP contribution in [0.1, 0.15) is 66.5 Å². The molecule has 0 amide bonds. The van der Waals surface area contributed by atoms with Crippen LogP contribution in [0.3, 0.4) is 0 Å². The highest BCUT2D eigenvalue weighted by molar-refractivity contribution is 7.26. The summed E-state index contributed by atoms with van der Waals surface area (Å²) in [4.78, 5) is 2.32. The van der Waals surface area contributed by atoms with Gasteiger partial charge in [0.25, 0.3) is 0 Å². The molecule has 5 nitrogen and oxygen atoms in total. The molecule has 0 unspecified atom stereocenters. The zero-order chi connectivity index (χ0) is 40.4. The van der Waals surface area contributed by atoms with Gasteiger partial charge in [-0.05, 0) is 134 Å². The highest BCUT2D eigenvalue weighted by Crippen LogP contribution is 2.52. The van der Waals surface area contributed by atoms with Crippen LogP contribution in [-0.4, -0.2) is 31.0 Å². The van der Waals surface area contributed by atoms with Crippen molar-refractivity contribution in [3.8, 4) is 22.3 Å². The zero-order valence-corrected chi connectivity index (χ0v) is 35.3. The summed E-state index contributed by atoms with van der Waals surface area (Å²) < 4.78 is 27.8.